The molecular weight excluding hydrogens is 396 g/mol. The molecule has 4 rings (SSSR count). The van der Waals surface area contributed by atoms with Gasteiger partial charge in [0.25, 0.3) is 0 Å². The zero-order valence-electron chi connectivity index (χ0n) is 13.5. The van der Waals surface area contributed by atoms with Crippen LogP contribution in [0, 0.1) is 0 Å². The first-order valence-electron chi connectivity index (χ1n) is 8.01. The SMILES string of the molecule is O=S1(=O)NC2CCCN2c2ccc(OC(=S)Oc3ccc(Cl)cc3)cc21. The molecule has 0 bridgehead atoms. The summed E-state index contributed by atoms with van der Waals surface area (Å²) in [5, 5.41) is 0.448. The number of hydrogen-bond donors (Lipinski definition) is 1. The number of hydrogen-bond acceptors (Lipinski definition) is 6. The van der Waals surface area contributed by atoms with Gasteiger partial charge in [0, 0.05) is 29.9 Å². The maximum Gasteiger partial charge on any atom is 0.363 e. The van der Waals surface area contributed by atoms with E-state index in [9.17, 15) is 8.42 Å². The van der Waals surface area contributed by atoms with Crippen molar-refractivity contribution in [3.63, 3.8) is 0 Å². The van der Waals surface area contributed by atoms with Gasteiger partial charge < -0.3 is 14.4 Å². The zero-order valence-corrected chi connectivity index (χ0v) is 15.9. The minimum Gasteiger partial charge on any atom is -0.417 e. The largest absolute Gasteiger partial charge is 0.417 e. The standard InChI is InChI=1S/C17H15ClN2O4S2/c18-11-3-5-12(6-4-11)23-17(25)24-13-7-8-14-15(10-13)26(21,22)19-16-2-1-9-20(14)16/h3-8,10,16,19H,1-2,9H2. The van der Waals surface area contributed by atoms with Crippen molar-refractivity contribution in [1.29, 1.82) is 0 Å². The number of nitrogens with one attached hydrogen (secondary N) is 1. The van der Waals surface area contributed by atoms with Crippen molar-refractivity contribution < 1.29 is 17.9 Å². The summed E-state index contributed by atoms with van der Waals surface area (Å²) in [6, 6.07) is 11.5. The van der Waals surface area contributed by atoms with Crippen molar-refractivity contribution in [2.24, 2.45) is 0 Å². The third-order valence-corrected chi connectivity index (χ3v) is 6.20. The molecule has 1 unspecified atom stereocenters. The highest BCUT2D eigenvalue weighted by atomic mass is 35.5. The van der Waals surface area contributed by atoms with Crippen LogP contribution in [0.1, 0.15) is 12.8 Å². The van der Waals surface area contributed by atoms with Crippen LogP contribution in [0.25, 0.3) is 0 Å². The summed E-state index contributed by atoms with van der Waals surface area (Å²) >= 11 is 10.9. The molecule has 136 valence electrons. The fourth-order valence-electron chi connectivity index (χ4n) is 3.15. The lowest BCUT2D eigenvalue weighted by Gasteiger charge is -2.33. The maximum atomic E-state index is 12.5. The molecule has 2 aromatic carbocycles. The first-order valence-corrected chi connectivity index (χ1v) is 10.3. The van der Waals surface area contributed by atoms with Gasteiger partial charge in [0.05, 0.1) is 11.9 Å². The van der Waals surface area contributed by atoms with Crippen LogP contribution in [0.5, 0.6) is 11.5 Å². The lowest BCUT2D eigenvalue weighted by Crippen LogP contribution is -2.48. The monoisotopic (exact) mass is 410 g/mol. The Hall–Kier alpha value is -1.87. The molecule has 1 fully saturated rings. The van der Waals surface area contributed by atoms with Gasteiger partial charge in [-0.2, -0.15) is 4.72 Å². The molecule has 6 nitrogen and oxygen atoms in total. The van der Waals surface area contributed by atoms with E-state index in [1.807, 2.05) is 0 Å². The van der Waals surface area contributed by atoms with Gasteiger partial charge in [-0.05, 0) is 49.2 Å². The van der Waals surface area contributed by atoms with Gasteiger partial charge in [0.1, 0.15) is 16.4 Å². The summed E-state index contributed by atoms with van der Waals surface area (Å²) in [4.78, 5) is 2.24. The number of fused-ring (bicyclic) bond motifs is 3. The Morgan fingerprint density at radius 1 is 1.15 bits per heavy atom. The van der Waals surface area contributed by atoms with E-state index in [-0.39, 0.29) is 16.3 Å². The smallest absolute Gasteiger partial charge is 0.363 e. The molecule has 0 aliphatic carbocycles. The lowest BCUT2D eigenvalue weighted by atomic mass is 10.2. The van der Waals surface area contributed by atoms with Gasteiger partial charge in [0.15, 0.2) is 0 Å². The Bertz CT molecular complexity index is 963. The topological polar surface area (TPSA) is 67.9 Å². The highest BCUT2D eigenvalue weighted by Crippen LogP contribution is 2.37. The molecule has 0 saturated carbocycles. The van der Waals surface area contributed by atoms with Crippen LogP contribution in [0.15, 0.2) is 47.4 Å². The highest BCUT2D eigenvalue weighted by Gasteiger charge is 2.37. The second-order valence-electron chi connectivity index (χ2n) is 6.01. The van der Waals surface area contributed by atoms with Crippen LogP contribution in [-0.2, 0) is 10.0 Å². The molecule has 1 atom stereocenters. The van der Waals surface area contributed by atoms with Crippen molar-refractivity contribution in [2.45, 2.75) is 23.9 Å². The van der Waals surface area contributed by atoms with Crippen LogP contribution in [0.3, 0.4) is 0 Å². The van der Waals surface area contributed by atoms with Gasteiger partial charge >= 0.3 is 5.24 Å². The van der Waals surface area contributed by atoms with E-state index in [0.29, 0.717) is 22.2 Å². The zero-order chi connectivity index (χ0) is 18.3. The predicted molar refractivity (Wildman–Crippen MR) is 102 cm³/mol. The van der Waals surface area contributed by atoms with Crippen molar-refractivity contribution in [1.82, 2.24) is 4.72 Å². The Labute approximate surface area is 161 Å². The van der Waals surface area contributed by atoms with Crippen molar-refractivity contribution >= 4 is 44.8 Å². The molecule has 9 heteroatoms. The molecule has 2 heterocycles. The maximum absolute atomic E-state index is 12.5. The number of benzene rings is 2. The second kappa shape index (κ2) is 6.70. The third-order valence-electron chi connectivity index (χ3n) is 4.29. The number of thiocarbonyl (C=S) groups is 1. The third kappa shape index (κ3) is 3.37. The minimum atomic E-state index is -3.59. The number of nitrogens with zero attached hydrogens (tertiary/aromatic N) is 1. The van der Waals surface area contributed by atoms with Crippen LogP contribution in [-0.4, -0.2) is 26.4 Å². The fraction of sp³-hybridized carbons (Fsp3) is 0.235. The Kier molecular flexibility index (Phi) is 4.52. The van der Waals surface area contributed by atoms with E-state index in [1.165, 1.54) is 6.07 Å². The molecule has 1 saturated heterocycles. The molecule has 0 aromatic heterocycles. The molecule has 2 aromatic rings. The Morgan fingerprint density at radius 3 is 2.62 bits per heavy atom. The van der Waals surface area contributed by atoms with E-state index in [2.05, 4.69) is 9.62 Å². The van der Waals surface area contributed by atoms with Crippen molar-refractivity contribution in [3.8, 4) is 11.5 Å². The summed E-state index contributed by atoms with van der Waals surface area (Å²) in [7, 11) is -3.59. The molecule has 1 N–H and O–H groups in total. The van der Waals surface area contributed by atoms with E-state index >= 15 is 0 Å². The number of anilines is 1. The molecule has 2 aliphatic rings. The highest BCUT2D eigenvalue weighted by molar-refractivity contribution is 7.89. The summed E-state index contributed by atoms with van der Waals surface area (Å²) in [6.45, 7) is 0.818. The number of ether oxygens (including phenoxy) is 2. The molecule has 26 heavy (non-hydrogen) atoms. The van der Waals surface area contributed by atoms with Crippen LogP contribution in [0.4, 0.5) is 5.69 Å². The van der Waals surface area contributed by atoms with Gasteiger partial charge in [-0.3, -0.25) is 0 Å². The van der Waals surface area contributed by atoms with E-state index in [1.54, 1.807) is 36.4 Å². The first-order chi connectivity index (χ1) is 12.4. The lowest BCUT2D eigenvalue weighted by molar-refractivity contribution is 0.402. The molecular formula is C17H15ClN2O4S2. The predicted octanol–water partition coefficient (Wildman–Crippen LogP) is 3.30. The van der Waals surface area contributed by atoms with E-state index in [4.69, 9.17) is 33.3 Å². The fourth-order valence-corrected chi connectivity index (χ4v) is 4.93. The van der Waals surface area contributed by atoms with Crippen molar-refractivity contribution in [3.05, 3.63) is 47.5 Å². The molecule has 0 amide bonds. The van der Waals surface area contributed by atoms with Gasteiger partial charge in [-0.15, -0.1) is 0 Å². The van der Waals surface area contributed by atoms with Crippen molar-refractivity contribution in [2.75, 3.05) is 11.4 Å². The average Bonchev–Trinajstić information content (AvgIpc) is 3.04. The molecule has 0 spiro atoms. The number of halogens is 1. The summed E-state index contributed by atoms with van der Waals surface area (Å²) in [5.74, 6) is 0.775. The first kappa shape index (κ1) is 17.5. The van der Waals surface area contributed by atoms with Crippen LogP contribution in [0.2, 0.25) is 5.02 Å². The van der Waals surface area contributed by atoms with E-state index < -0.39 is 10.0 Å². The average molecular weight is 411 g/mol. The minimum absolute atomic E-state index is 0.132. The van der Waals surface area contributed by atoms with Crippen LogP contribution >= 0.6 is 23.8 Å². The Balaban J connectivity index is 1.55. The normalized spacial score (nSPS) is 20.2. The quantitative estimate of drug-likeness (QED) is 0.766. The van der Waals surface area contributed by atoms with Gasteiger partial charge in [-0.25, -0.2) is 8.42 Å². The molecule has 0 radical (unpaired) electrons. The van der Waals surface area contributed by atoms with Gasteiger partial charge in [0.2, 0.25) is 10.0 Å². The summed E-state index contributed by atoms with van der Waals surface area (Å²) in [5.41, 5.74) is 0.683. The number of rotatable bonds is 2. The second-order valence-corrected chi connectivity index (χ2v) is 8.46. The van der Waals surface area contributed by atoms with Gasteiger partial charge in [-0.1, -0.05) is 11.6 Å². The molecule has 2 aliphatic heterocycles. The Morgan fingerprint density at radius 2 is 1.85 bits per heavy atom. The summed E-state index contributed by atoms with van der Waals surface area (Å²) < 4.78 is 38.6. The summed E-state index contributed by atoms with van der Waals surface area (Å²) in [6.07, 6.45) is 1.58. The van der Waals surface area contributed by atoms with E-state index in [0.717, 1.165) is 19.4 Å². The number of sulfonamides is 1. The van der Waals surface area contributed by atoms with Crippen LogP contribution < -0.4 is 19.1 Å².